The molecule has 8 N–H and O–H groups in total. The van der Waals surface area contributed by atoms with E-state index >= 15 is 0 Å². The molecule has 0 aliphatic rings. The van der Waals surface area contributed by atoms with Gasteiger partial charge in [-0.25, -0.2) is 4.79 Å². The number of hydrogen-bond acceptors (Lipinski definition) is 7. The summed E-state index contributed by atoms with van der Waals surface area (Å²) in [5.74, 6) is -3.82. The smallest absolute Gasteiger partial charge is 0.326 e. The van der Waals surface area contributed by atoms with Crippen molar-refractivity contribution < 1.29 is 34.2 Å². The first-order chi connectivity index (χ1) is 17.2. The van der Waals surface area contributed by atoms with Gasteiger partial charge in [-0.15, -0.1) is 0 Å². The molecule has 0 saturated heterocycles. The molecule has 2 aromatic rings. The normalized spacial score (nSPS) is 12.0. The first kappa shape index (κ1) is 27.8. The van der Waals surface area contributed by atoms with Crippen molar-refractivity contribution in [2.45, 2.75) is 24.9 Å². The topological polar surface area (TPSA) is 200 Å². The van der Waals surface area contributed by atoms with E-state index in [0.29, 0.717) is 5.56 Å². The number of benzene rings is 2. The number of carbonyl (C=O) groups is 5. The fraction of sp³-hybridized carbons (Fsp3) is 0.292. The summed E-state index contributed by atoms with van der Waals surface area (Å²) in [7, 11) is 0. The molecule has 0 spiro atoms. The lowest BCUT2D eigenvalue weighted by Crippen LogP contribution is -2.53. The Morgan fingerprint density at radius 1 is 0.722 bits per heavy atom. The van der Waals surface area contributed by atoms with Crippen molar-refractivity contribution in [2.24, 2.45) is 5.73 Å². The van der Waals surface area contributed by atoms with Crippen LogP contribution in [0.4, 0.5) is 0 Å². The van der Waals surface area contributed by atoms with E-state index in [2.05, 4.69) is 21.3 Å². The highest BCUT2D eigenvalue weighted by atomic mass is 16.4. The Bertz CT molecular complexity index is 1060. The van der Waals surface area contributed by atoms with E-state index in [1.54, 1.807) is 30.3 Å². The van der Waals surface area contributed by atoms with Crippen LogP contribution in [-0.2, 0) is 36.8 Å². The molecule has 2 atom stereocenters. The average molecular weight is 500 g/mol. The van der Waals surface area contributed by atoms with E-state index in [4.69, 9.17) is 5.73 Å². The number of carbonyl (C=O) groups excluding carboxylic acids is 4. The Balaban J connectivity index is 1.97. The molecule has 192 valence electrons. The van der Waals surface area contributed by atoms with Gasteiger partial charge in [-0.3, -0.25) is 19.2 Å². The molecule has 2 aromatic carbocycles. The van der Waals surface area contributed by atoms with Crippen LogP contribution in [0.2, 0.25) is 0 Å². The summed E-state index contributed by atoms with van der Waals surface area (Å²) in [6.07, 6.45) is 0.0833. The van der Waals surface area contributed by atoms with Crippen molar-refractivity contribution in [3.8, 4) is 5.75 Å². The van der Waals surface area contributed by atoms with Crippen LogP contribution in [0.1, 0.15) is 11.1 Å². The zero-order chi connectivity index (χ0) is 26.5. The number of phenolic OH excluding ortho intramolecular Hbond substituents is 1. The number of phenols is 1. The van der Waals surface area contributed by atoms with Crippen LogP contribution in [0.15, 0.2) is 54.6 Å². The second kappa shape index (κ2) is 14.1. The molecule has 12 heteroatoms. The van der Waals surface area contributed by atoms with E-state index in [9.17, 15) is 34.2 Å². The van der Waals surface area contributed by atoms with Gasteiger partial charge in [-0.05, 0) is 23.3 Å². The largest absolute Gasteiger partial charge is 0.508 e. The fourth-order valence-corrected chi connectivity index (χ4v) is 3.16. The maximum atomic E-state index is 12.8. The maximum Gasteiger partial charge on any atom is 0.326 e. The summed E-state index contributed by atoms with van der Waals surface area (Å²) in [6, 6.07) is 12.4. The molecule has 4 amide bonds. The lowest BCUT2D eigenvalue weighted by molar-refractivity contribution is -0.141. The van der Waals surface area contributed by atoms with E-state index in [1.807, 2.05) is 0 Å². The third kappa shape index (κ3) is 9.81. The predicted molar refractivity (Wildman–Crippen MR) is 129 cm³/mol. The number of carboxylic acids is 1. The third-order valence-corrected chi connectivity index (χ3v) is 5.00. The quantitative estimate of drug-likeness (QED) is 0.171. The van der Waals surface area contributed by atoms with Crippen LogP contribution in [0.25, 0.3) is 0 Å². The zero-order valence-corrected chi connectivity index (χ0v) is 19.4. The highest BCUT2D eigenvalue weighted by Crippen LogP contribution is 2.11. The summed E-state index contributed by atoms with van der Waals surface area (Å²) < 4.78 is 0. The summed E-state index contributed by atoms with van der Waals surface area (Å²) in [5.41, 5.74) is 6.51. The highest BCUT2D eigenvalue weighted by molar-refractivity contribution is 5.93. The van der Waals surface area contributed by atoms with Gasteiger partial charge < -0.3 is 37.2 Å². The molecule has 0 unspecified atom stereocenters. The fourth-order valence-electron chi connectivity index (χ4n) is 3.16. The van der Waals surface area contributed by atoms with Crippen molar-refractivity contribution >= 4 is 29.6 Å². The van der Waals surface area contributed by atoms with Crippen molar-refractivity contribution in [1.29, 1.82) is 0 Å². The summed E-state index contributed by atoms with van der Waals surface area (Å²) in [4.78, 5) is 60.2. The number of hydrogen-bond donors (Lipinski definition) is 7. The summed E-state index contributed by atoms with van der Waals surface area (Å²) in [5, 5.41) is 28.3. The number of carboxylic acid groups (broad SMARTS) is 1. The van der Waals surface area contributed by atoms with Crippen molar-refractivity contribution in [1.82, 2.24) is 21.3 Å². The number of aliphatic carboxylic acids is 1. The van der Waals surface area contributed by atoms with Crippen LogP contribution in [-0.4, -0.2) is 71.5 Å². The molecule has 0 radical (unpaired) electrons. The number of aromatic hydroxyl groups is 1. The van der Waals surface area contributed by atoms with Gasteiger partial charge in [0.05, 0.1) is 19.6 Å². The number of nitrogens with one attached hydrogen (secondary N) is 4. The molecule has 0 aromatic heterocycles. The Kier molecular flexibility index (Phi) is 10.9. The van der Waals surface area contributed by atoms with Gasteiger partial charge >= 0.3 is 5.97 Å². The van der Waals surface area contributed by atoms with Gasteiger partial charge in [-0.2, -0.15) is 0 Å². The lowest BCUT2D eigenvalue weighted by atomic mass is 10.0. The van der Waals surface area contributed by atoms with Crippen molar-refractivity contribution in [3.05, 3.63) is 65.7 Å². The zero-order valence-electron chi connectivity index (χ0n) is 19.4. The van der Waals surface area contributed by atoms with Crippen LogP contribution in [0.5, 0.6) is 5.75 Å². The van der Waals surface area contributed by atoms with Crippen LogP contribution in [0.3, 0.4) is 0 Å². The second-order valence-electron chi connectivity index (χ2n) is 7.84. The Morgan fingerprint density at radius 2 is 1.25 bits per heavy atom. The van der Waals surface area contributed by atoms with E-state index in [1.165, 1.54) is 24.3 Å². The molecule has 0 bridgehead atoms. The Labute approximate surface area is 207 Å². The summed E-state index contributed by atoms with van der Waals surface area (Å²) in [6.45, 7) is -1.20. The second-order valence-corrected chi connectivity index (χ2v) is 7.84. The minimum absolute atomic E-state index is 0.0243. The molecule has 2 rings (SSSR count). The molecular weight excluding hydrogens is 470 g/mol. The van der Waals surface area contributed by atoms with Gasteiger partial charge in [0.25, 0.3) is 0 Å². The molecule has 0 aliphatic heterocycles. The van der Waals surface area contributed by atoms with Crippen molar-refractivity contribution in [3.63, 3.8) is 0 Å². The molecule has 0 fully saturated rings. The monoisotopic (exact) mass is 499 g/mol. The highest BCUT2D eigenvalue weighted by Gasteiger charge is 2.24. The molecule has 36 heavy (non-hydrogen) atoms. The van der Waals surface area contributed by atoms with E-state index in [0.717, 1.165) is 5.56 Å². The number of rotatable bonds is 13. The van der Waals surface area contributed by atoms with Gasteiger partial charge in [0.15, 0.2) is 0 Å². The number of nitrogens with two attached hydrogens (primary N) is 1. The standard InChI is InChI=1S/C24H29N5O7/c25-12-20(31)26-13-21(32)28-18(10-15-4-2-1-3-5-15)23(34)27-14-22(33)29-19(24(35)36)11-16-6-8-17(30)9-7-16/h1-9,18-19,30H,10-14,25H2,(H,26,31)(H,27,34)(H,28,32)(H,29,33)(H,35,36)/t18-,19-/m0/s1. The van der Waals surface area contributed by atoms with Gasteiger partial charge in [0, 0.05) is 12.8 Å². The van der Waals surface area contributed by atoms with Crippen LogP contribution >= 0.6 is 0 Å². The molecule has 0 aliphatic carbocycles. The molecular formula is C24H29N5O7. The van der Waals surface area contributed by atoms with Gasteiger partial charge in [0.2, 0.25) is 23.6 Å². The lowest BCUT2D eigenvalue weighted by Gasteiger charge is -2.19. The van der Waals surface area contributed by atoms with Crippen molar-refractivity contribution in [2.75, 3.05) is 19.6 Å². The minimum atomic E-state index is -1.27. The molecule has 12 nitrogen and oxygen atoms in total. The van der Waals surface area contributed by atoms with Gasteiger partial charge in [-0.1, -0.05) is 42.5 Å². The number of amides is 4. The molecule has 0 heterocycles. The Hall–Kier alpha value is -4.45. The SMILES string of the molecule is NCC(=O)NCC(=O)N[C@@H](Cc1ccccc1)C(=O)NCC(=O)N[C@@H](Cc1ccc(O)cc1)C(=O)O. The summed E-state index contributed by atoms with van der Waals surface area (Å²) >= 11 is 0. The van der Waals surface area contributed by atoms with Crippen LogP contribution < -0.4 is 27.0 Å². The van der Waals surface area contributed by atoms with Gasteiger partial charge in [0.1, 0.15) is 17.8 Å². The van der Waals surface area contributed by atoms with Crippen LogP contribution in [0, 0.1) is 0 Å². The average Bonchev–Trinajstić information content (AvgIpc) is 2.86. The maximum absolute atomic E-state index is 12.8. The molecule has 0 saturated carbocycles. The van der Waals surface area contributed by atoms with E-state index in [-0.39, 0.29) is 31.7 Å². The Morgan fingerprint density at radius 3 is 1.83 bits per heavy atom. The van der Waals surface area contributed by atoms with E-state index < -0.39 is 48.2 Å². The first-order valence-electron chi connectivity index (χ1n) is 11.1. The first-order valence-corrected chi connectivity index (χ1v) is 11.1. The minimum Gasteiger partial charge on any atom is -0.508 e. The predicted octanol–water partition coefficient (Wildman–Crippen LogP) is -1.58. The third-order valence-electron chi connectivity index (χ3n) is 5.00.